The van der Waals surface area contributed by atoms with Gasteiger partial charge in [0.2, 0.25) is 0 Å². The van der Waals surface area contributed by atoms with Gasteiger partial charge in [-0.1, -0.05) is 35.9 Å². The van der Waals surface area contributed by atoms with Crippen molar-refractivity contribution in [2.24, 2.45) is 0 Å². The molecule has 4 rings (SSSR count). The zero-order valence-corrected chi connectivity index (χ0v) is 19.8. The number of carbonyl (C=O) groups is 2. The number of nitrogens with one attached hydrogen (secondary N) is 1. The number of para-hydroxylation sites is 1. The van der Waals surface area contributed by atoms with Crippen LogP contribution in [0.5, 0.6) is 0 Å². The highest BCUT2D eigenvalue weighted by atomic mass is 35.5. The fourth-order valence-electron chi connectivity index (χ4n) is 3.93. The molecular weight excluding hydrogens is 442 g/mol. The summed E-state index contributed by atoms with van der Waals surface area (Å²) in [4.78, 5) is 27.5. The molecule has 1 saturated heterocycles. The number of aryl methyl sites for hydroxylation is 3. The molecule has 1 aliphatic heterocycles. The number of halogens is 1. The second-order valence-electron chi connectivity index (χ2n) is 7.86. The molecule has 2 aromatic carbocycles. The van der Waals surface area contributed by atoms with Crippen LogP contribution in [0.2, 0.25) is 5.02 Å². The molecule has 0 bridgehead atoms. The van der Waals surface area contributed by atoms with Gasteiger partial charge in [-0.15, -0.1) is 0 Å². The molecule has 7 heteroatoms. The van der Waals surface area contributed by atoms with Gasteiger partial charge in [-0.2, -0.15) is 0 Å². The van der Waals surface area contributed by atoms with Gasteiger partial charge in [0.05, 0.1) is 16.4 Å². The summed E-state index contributed by atoms with van der Waals surface area (Å²) in [5.74, 6) is -0.959. The van der Waals surface area contributed by atoms with Crippen molar-refractivity contribution in [3.8, 4) is 5.69 Å². The Morgan fingerprint density at radius 3 is 2.41 bits per heavy atom. The Balaban J connectivity index is 1.80. The summed E-state index contributed by atoms with van der Waals surface area (Å²) < 4.78 is 2.01. The maximum absolute atomic E-state index is 13.4. The van der Waals surface area contributed by atoms with E-state index < -0.39 is 11.8 Å². The summed E-state index contributed by atoms with van der Waals surface area (Å²) in [6.45, 7) is 7.74. The SMILES string of the molecule is Cc1ccc(C)c(N2C(=O)/C(=C/c3cc(C)n(-c4ccccc4Cl)c3C)C(=O)NC2=S)c1. The van der Waals surface area contributed by atoms with Gasteiger partial charge in [0.1, 0.15) is 5.57 Å². The van der Waals surface area contributed by atoms with Crippen molar-refractivity contribution in [2.45, 2.75) is 27.7 Å². The van der Waals surface area contributed by atoms with Gasteiger partial charge in [-0.25, -0.2) is 0 Å². The lowest BCUT2D eigenvalue weighted by Crippen LogP contribution is -2.54. The maximum atomic E-state index is 13.4. The smallest absolute Gasteiger partial charge is 0.270 e. The van der Waals surface area contributed by atoms with E-state index in [1.54, 1.807) is 6.08 Å². The normalized spacial score (nSPS) is 15.5. The highest BCUT2D eigenvalue weighted by molar-refractivity contribution is 7.80. The lowest BCUT2D eigenvalue weighted by Gasteiger charge is -2.30. The van der Waals surface area contributed by atoms with Gasteiger partial charge >= 0.3 is 0 Å². The lowest BCUT2D eigenvalue weighted by atomic mass is 10.0. The number of hydrogen-bond acceptors (Lipinski definition) is 3. The van der Waals surface area contributed by atoms with Gasteiger partial charge in [0.25, 0.3) is 11.8 Å². The number of nitrogens with zero attached hydrogens (tertiary/aromatic N) is 2. The van der Waals surface area contributed by atoms with Crippen molar-refractivity contribution in [1.82, 2.24) is 9.88 Å². The topological polar surface area (TPSA) is 54.3 Å². The molecule has 32 heavy (non-hydrogen) atoms. The molecule has 5 nitrogen and oxygen atoms in total. The van der Waals surface area contributed by atoms with E-state index in [-0.39, 0.29) is 10.7 Å². The number of aromatic nitrogens is 1. The number of amides is 2. The molecule has 162 valence electrons. The highest BCUT2D eigenvalue weighted by Gasteiger charge is 2.35. The van der Waals surface area contributed by atoms with Crippen LogP contribution in [0.15, 0.2) is 54.1 Å². The number of benzene rings is 2. The van der Waals surface area contributed by atoms with Crippen LogP contribution in [0.3, 0.4) is 0 Å². The van der Waals surface area contributed by atoms with Crippen molar-refractivity contribution < 1.29 is 9.59 Å². The van der Waals surface area contributed by atoms with Gasteiger partial charge in [-0.3, -0.25) is 19.8 Å². The molecule has 0 aliphatic carbocycles. The molecule has 1 N–H and O–H groups in total. The van der Waals surface area contributed by atoms with E-state index >= 15 is 0 Å². The molecule has 2 heterocycles. The number of rotatable bonds is 3. The van der Waals surface area contributed by atoms with Crippen molar-refractivity contribution >= 4 is 52.5 Å². The van der Waals surface area contributed by atoms with E-state index in [0.29, 0.717) is 10.7 Å². The molecule has 1 fully saturated rings. The first-order chi connectivity index (χ1) is 15.2. The standard InChI is InChI=1S/C25H22ClN3O2S/c1-14-9-10-15(2)22(11-14)29-24(31)19(23(30)27-25(29)32)13-18-12-16(3)28(17(18)4)21-8-6-5-7-20(21)26/h5-13H,1-4H3,(H,27,30,32)/b19-13+. The van der Waals surface area contributed by atoms with E-state index in [4.69, 9.17) is 23.8 Å². The minimum atomic E-state index is -0.510. The van der Waals surface area contributed by atoms with Crippen LogP contribution in [0.1, 0.15) is 28.1 Å². The Labute approximate surface area is 197 Å². The third-order valence-corrected chi connectivity index (χ3v) is 6.17. The average Bonchev–Trinajstić information content (AvgIpc) is 3.01. The molecular formula is C25H22ClN3O2S. The number of hydrogen-bond donors (Lipinski definition) is 1. The minimum absolute atomic E-state index is 0.0268. The van der Waals surface area contributed by atoms with E-state index in [1.807, 2.05) is 80.8 Å². The minimum Gasteiger partial charge on any atom is -0.316 e. The molecule has 3 aromatic rings. The van der Waals surface area contributed by atoms with E-state index in [1.165, 1.54) is 4.90 Å². The van der Waals surface area contributed by atoms with Crippen molar-refractivity contribution in [1.29, 1.82) is 0 Å². The van der Waals surface area contributed by atoms with Gasteiger partial charge in [0, 0.05) is 11.4 Å². The third-order valence-electron chi connectivity index (χ3n) is 5.57. The van der Waals surface area contributed by atoms with Crippen LogP contribution in [-0.2, 0) is 9.59 Å². The van der Waals surface area contributed by atoms with E-state index in [9.17, 15) is 9.59 Å². The maximum Gasteiger partial charge on any atom is 0.270 e. The molecule has 0 atom stereocenters. The van der Waals surface area contributed by atoms with Crippen LogP contribution in [0.25, 0.3) is 11.8 Å². The Morgan fingerprint density at radius 1 is 0.969 bits per heavy atom. The van der Waals surface area contributed by atoms with Gasteiger partial charge in [-0.05, 0) is 86.9 Å². The van der Waals surface area contributed by atoms with Crippen molar-refractivity contribution in [2.75, 3.05) is 4.90 Å². The Hall–Kier alpha value is -3.22. The van der Waals surface area contributed by atoms with Crippen LogP contribution in [0, 0.1) is 27.7 Å². The molecule has 1 aliphatic rings. The van der Waals surface area contributed by atoms with E-state index in [0.717, 1.165) is 33.8 Å². The summed E-state index contributed by atoms with van der Waals surface area (Å²) in [5, 5.41) is 3.35. The zero-order chi connectivity index (χ0) is 23.2. The highest BCUT2D eigenvalue weighted by Crippen LogP contribution is 2.30. The summed E-state index contributed by atoms with van der Waals surface area (Å²) in [6, 6.07) is 15.3. The van der Waals surface area contributed by atoms with Crippen LogP contribution >= 0.6 is 23.8 Å². The third kappa shape index (κ3) is 3.76. The predicted molar refractivity (Wildman–Crippen MR) is 132 cm³/mol. The number of anilines is 1. The first-order valence-corrected chi connectivity index (χ1v) is 10.9. The summed E-state index contributed by atoms with van der Waals surface area (Å²) in [6.07, 6.45) is 1.62. The Bertz CT molecular complexity index is 1320. The number of carbonyl (C=O) groups excluding carboxylic acids is 2. The molecule has 2 amide bonds. The second-order valence-corrected chi connectivity index (χ2v) is 8.65. The van der Waals surface area contributed by atoms with Crippen molar-refractivity contribution in [3.05, 3.63) is 87.2 Å². The van der Waals surface area contributed by atoms with Gasteiger partial charge in [0.15, 0.2) is 5.11 Å². The lowest BCUT2D eigenvalue weighted by molar-refractivity contribution is -0.122. The molecule has 0 saturated carbocycles. The van der Waals surface area contributed by atoms with Gasteiger partial charge < -0.3 is 4.57 Å². The largest absolute Gasteiger partial charge is 0.316 e. The summed E-state index contributed by atoms with van der Waals surface area (Å²) in [5.41, 5.74) is 5.97. The van der Waals surface area contributed by atoms with E-state index in [2.05, 4.69) is 5.32 Å². The predicted octanol–water partition coefficient (Wildman–Crippen LogP) is 5.20. The molecule has 0 spiro atoms. The summed E-state index contributed by atoms with van der Waals surface area (Å²) >= 11 is 11.7. The molecule has 0 unspecified atom stereocenters. The average molecular weight is 464 g/mol. The summed E-state index contributed by atoms with van der Waals surface area (Å²) in [7, 11) is 0. The Kier molecular flexibility index (Phi) is 5.75. The number of thiocarbonyl (C=S) groups is 1. The molecule has 0 radical (unpaired) electrons. The first-order valence-electron chi connectivity index (χ1n) is 10.1. The van der Waals surface area contributed by atoms with Crippen LogP contribution in [0.4, 0.5) is 5.69 Å². The first kappa shape index (κ1) is 22.0. The second kappa shape index (κ2) is 8.37. The fourth-order valence-corrected chi connectivity index (χ4v) is 4.42. The van der Waals surface area contributed by atoms with Crippen molar-refractivity contribution in [3.63, 3.8) is 0 Å². The monoisotopic (exact) mass is 463 g/mol. The quantitative estimate of drug-likeness (QED) is 0.330. The fraction of sp³-hybridized carbons (Fsp3) is 0.160. The Morgan fingerprint density at radius 2 is 1.69 bits per heavy atom. The van der Waals surface area contributed by atoms with Crippen LogP contribution in [-0.4, -0.2) is 21.5 Å². The van der Waals surface area contributed by atoms with Crippen LogP contribution < -0.4 is 10.2 Å². The molecule has 1 aromatic heterocycles. The zero-order valence-electron chi connectivity index (χ0n) is 18.2.